The van der Waals surface area contributed by atoms with Gasteiger partial charge in [-0.15, -0.1) is 0 Å². The van der Waals surface area contributed by atoms with Crippen molar-refractivity contribution in [3.63, 3.8) is 0 Å². The third-order valence-corrected chi connectivity index (χ3v) is 12.1. The summed E-state index contributed by atoms with van der Waals surface area (Å²) in [6.07, 6.45) is 17.0. The minimum atomic E-state index is -1.17. The first-order chi connectivity index (χ1) is 27.6. The lowest BCUT2D eigenvalue weighted by molar-refractivity contribution is -0.263. The van der Waals surface area contributed by atoms with Crippen molar-refractivity contribution < 1.29 is 32.6 Å². The normalized spacial score (nSPS) is 20.8. The standard InChI is InChI=1S/C47H67O7.Al.HI/c1-2-3-4-5-6-7-8-9-10-11-12-13-14-15-16-17-27-34-41(48)54-45-43(50)42(49)44(51-35-38-28-21-18-22-29-38)46(52-36-39-30-23-19-24-31-39)47(45)53-37-40-32-25-20-26-33-40;;/h18-26,28-33,42-47,50H,2-17,27,34-37H2,1H3;;1H/q-1;+2;/p-1/t42-,43-,44+,45-,46-,47?;;/m0../s1. The van der Waals surface area contributed by atoms with E-state index < -0.39 is 48.9 Å². The molecule has 1 N–H and O–H groups in total. The molecular formula is C47H67AlIO7. The minimum Gasteiger partial charge on any atom is -0.492 e. The fourth-order valence-electron chi connectivity index (χ4n) is 7.56. The van der Waals surface area contributed by atoms with Crippen LogP contribution in [0.5, 0.6) is 0 Å². The van der Waals surface area contributed by atoms with Crippen molar-refractivity contribution in [3.8, 4) is 0 Å². The van der Waals surface area contributed by atoms with Crippen molar-refractivity contribution >= 4 is 38.5 Å². The number of unbranched alkanes of at least 4 members (excludes halogenated alkanes) is 16. The zero-order chi connectivity index (χ0) is 39.5. The fourth-order valence-corrected chi connectivity index (χ4v) is 9.02. The van der Waals surface area contributed by atoms with Crippen LogP contribution in [0.15, 0.2) is 91.0 Å². The summed E-state index contributed by atoms with van der Waals surface area (Å²) < 4.78 is 32.3. The van der Waals surface area contributed by atoms with Gasteiger partial charge >= 0.3 is 18.2 Å². The lowest BCUT2D eigenvalue weighted by Gasteiger charge is -2.48. The summed E-state index contributed by atoms with van der Waals surface area (Å²) in [5, 5.41) is 12.0. The average Bonchev–Trinajstić information content (AvgIpc) is 3.23. The van der Waals surface area contributed by atoms with Crippen LogP contribution in [0.1, 0.15) is 139 Å². The lowest BCUT2D eigenvalue weighted by atomic mass is 9.84. The number of aliphatic hydroxyl groups is 1. The Labute approximate surface area is 355 Å². The van der Waals surface area contributed by atoms with Crippen molar-refractivity contribution in [2.45, 2.75) is 179 Å². The Morgan fingerprint density at radius 1 is 0.518 bits per heavy atom. The van der Waals surface area contributed by atoms with E-state index in [0.717, 1.165) is 36.0 Å². The molecule has 1 saturated carbocycles. The van der Waals surface area contributed by atoms with E-state index >= 15 is 0 Å². The minimum absolute atomic E-state index is 0.255. The largest absolute Gasteiger partial charge is 0.525 e. The Balaban J connectivity index is 1.31. The molecule has 6 atom stereocenters. The summed E-state index contributed by atoms with van der Waals surface area (Å²) in [6.45, 7) is 3.13. The lowest BCUT2D eigenvalue weighted by Crippen LogP contribution is -2.67. The summed E-state index contributed by atoms with van der Waals surface area (Å²) in [4.78, 5) is 13.5. The highest BCUT2D eigenvalue weighted by Gasteiger charge is 2.54. The Morgan fingerprint density at radius 3 is 1.23 bits per heavy atom. The van der Waals surface area contributed by atoms with Gasteiger partial charge in [0.05, 0.1) is 25.9 Å². The van der Waals surface area contributed by atoms with E-state index in [2.05, 4.69) is 27.2 Å². The van der Waals surface area contributed by atoms with Crippen molar-refractivity contribution in [2.75, 3.05) is 0 Å². The van der Waals surface area contributed by atoms with Crippen molar-refractivity contribution in [1.29, 1.82) is 0 Å². The molecule has 0 heterocycles. The van der Waals surface area contributed by atoms with E-state index in [-0.39, 0.29) is 12.6 Å². The maximum absolute atomic E-state index is 13.5. The number of ether oxygens (including phenoxy) is 4. The molecule has 0 aliphatic heterocycles. The summed E-state index contributed by atoms with van der Waals surface area (Å²) in [7, 11) is 0. The molecule has 1 aliphatic carbocycles. The van der Waals surface area contributed by atoms with E-state index in [9.17, 15) is 9.90 Å². The van der Waals surface area contributed by atoms with Gasteiger partial charge in [0.15, 0.2) is 6.10 Å². The van der Waals surface area contributed by atoms with Crippen LogP contribution in [0.4, 0.5) is 0 Å². The van der Waals surface area contributed by atoms with Gasteiger partial charge in [0, 0.05) is 6.42 Å². The molecule has 3 aromatic carbocycles. The first-order valence-electron chi connectivity index (χ1n) is 21.5. The molecule has 307 valence electrons. The molecule has 7 nitrogen and oxygen atoms in total. The van der Waals surface area contributed by atoms with Gasteiger partial charge in [-0.05, 0) is 23.1 Å². The molecule has 0 spiro atoms. The number of rotatable bonds is 30. The Bertz CT molecular complexity index is 1400. The van der Waals surface area contributed by atoms with E-state index in [1.165, 1.54) is 89.9 Å². The number of hydrogen-bond donors (Lipinski definition) is 1. The van der Waals surface area contributed by atoms with Gasteiger partial charge < -0.3 is 27.8 Å². The highest BCUT2D eigenvalue weighted by Crippen LogP contribution is 2.34. The molecule has 0 saturated heterocycles. The van der Waals surface area contributed by atoms with Crippen LogP contribution < -0.4 is 0 Å². The summed E-state index contributed by atoms with van der Waals surface area (Å²) in [6, 6.07) is 29.8. The van der Waals surface area contributed by atoms with Crippen LogP contribution in [0.2, 0.25) is 0 Å². The second kappa shape index (κ2) is 29.4. The predicted molar refractivity (Wildman–Crippen MR) is 234 cm³/mol. The molecule has 1 aliphatic rings. The third-order valence-electron chi connectivity index (χ3n) is 10.8. The second-order valence-corrected chi connectivity index (χ2v) is 17.3. The van der Waals surface area contributed by atoms with Gasteiger partial charge in [-0.3, -0.25) is 4.79 Å². The van der Waals surface area contributed by atoms with Crippen molar-refractivity contribution in [1.82, 2.24) is 0 Å². The maximum atomic E-state index is 13.5. The fraction of sp³-hybridized carbons (Fsp3) is 0.596. The number of esters is 1. The first kappa shape index (κ1) is 46.9. The Kier molecular flexibility index (Phi) is 24.6. The zero-order valence-corrected chi connectivity index (χ0v) is 37.1. The Morgan fingerprint density at radius 2 is 0.857 bits per heavy atom. The van der Waals surface area contributed by atoms with Crippen LogP contribution in [-0.2, 0) is 47.4 Å². The number of carbonyl (C=O) groups is 1. The molecule has 56 heavy (non-hydrogen) atoms. The molecule has 4 rings (SSSR count). The molecule has 9 heteroatoms. The van der Waals surface area contributed by atoms with Crippen LogP contribution in [-0.4, -0.2) is 60.0 Å². The molecular weight excluding hydrogens is 830 g/mol. The Hall–Kier alpha value is -1.81. The number of hydrogen-bond acceptors (Lipinski definition) is 7. The SMILES string of the molecule is CCCCCCCCCCCCCCCCCCCC(=O)O[C@@H]1C(OCc2ccccc2)[C@@H](OCc2ccccc2)[C@H](OCc2ccccc2)[C@@H]([O][Al][I])[C@@H]1O. The zero-order valence-electron chi connectivity index (χ0n) is 33.8. The van der Waals surface area contributed by atoms with Gasteiger partial charge in [0.1, 0.15) is 24.4 Å². The molecule has 1 radical (unpaired) electrons. The quantitative estimate of drug-likeness (QED) is 0.0309. The van der Waals surface area contributed by atoms with Crippen LogP contribution in [0, 0.1) is 0 Å². The highest BCUT2D eigenvalue weighted by atomic mass is 127. The predicted octanol–water partition coefficient (Wildman–Crippen LogP) is 11.4. The van der Waals surface area contributed by atoms with Gasteiger partial charge in [-0.25, -0.2) is 0 Å². The van der Waals surface area contributed by atoms with Crippen LogP contribution >= 0.6 is 20.3 Å². The van der Waals surface area contributed by atoms with Crippen molar-refractivity contribution in [2.24, 2.45) is 0 Å². The number of benzene rings is 3. The number of carbonyl (C=O) groups excluding carboxylic acids is 1. The topological polar surface area (TPSA) is 83.5 Å². The summed E-state index contributed by atoms with van der Waals surface area (Å²) in [5.41, 5.74) is 2.95. The van der Waals surface area contributed by atoms with Gasteiger partial charge in [-0.1, -0.05) is 201 Å². The molecule has 1 unspecified atom stereocenters. The second-order valence-electron chi connectivity index (χ2n) is 15.3. The van der Waals surface area contributed by atoms with Crippen molar-refractivity contribution in [3.05, 3.63) is 108 Å². The van der Waals surface area contributed by atoms with E-state index in [1.807, 2.05) is 91.0 Å². The van der Waals surface area contributed by atoms with Gasteiger partial charge in [0.2, 0.25) is 0 Å². The number of halogens is 1. The molecule has 0 aromatic heterocycles. The van der Waals surface area contributed by atoms with Gasteiger partial charge in [0.25, 0.3) is 0 Å². The summed E-state index contributed by atoms with van der Waals surface area (Å²) in [5.74, 6) is -0.339. The van der Waals surface area contributed by atoms with Crippen LogP contribution in [0.25, 0.3) is 0 Å². The summed E-state index contributed by atoms with van der Waals surface area (Å²) >= 11 is 1.72. The average molecular weight is 898 g/mol. The van der Waals surface area contributed by atoms with Crippen LogP contribution in [0.3, 0.4) is 0 Å². The molecule has 1 fully saturated rings. The van der Waals surface area contributed by atoms with E-state index in [1.54, 1.807) is 0 Å². The molecule has 0 amide bonds. The highest BCUT2D eigenvalue weighted by molar-refractivity contribution is 14.1. The third kappa shape index (κ3) is 18.0. The number of aliphatic hydroxyl groups excluding tert-OH is 1. The molecule has 0 bridgehead atoms. The maximum Gasteiger partial charge on any atom is 0.525 e. The van der Waals surface area contributed by atoms with E-state index in [4.69, 9.17) is 22.7 Å². The first-order valence-corrected chi connectivity index (χ1v) is 26.2. The molecule has 3 aromatic rings. The van der Waals surface area contributed by atoms with E-state index in [0.29, 0.717) is 19.6 Å². The van der Waals surface area contributed by atoms with Gasteiger partial charge in [-0.2, -0.15) is 20.3 Å². The smallest absolute Gasteiger partial charge is 0.492 e. The monoisotopic (exact) mass is 897 g/mol.